The number of carbonyl (C=O) groups excluding carboxylic acids is 1. The number of fused-ring (bicyclic) bond motifs is 3. The van der Waals surface area contributed by atoms with E-state index in [1.54, 1.807) is 18.0 Å². The van der Waals surface area contributed by atoms with E-state index in [1.165, 1.54) is 9.79 Å². The fourth-order valence-electron chi connectivity index (χ4n) is 4.74. The molecule has 0 radical (unpaired) electrons. The molecule has 0 spiro atoms. The summed E-state index contributed by atoms with van der Waals surface area (Å²) >= 11 is 1.78. The van der Waals surface area contributed by atoms with Gasteiger partial charge < -0.3 is 20.4 Å². The van der Waals surface area contributed by atoms with Gasteiger partial charge >= 0.3 is 0 Å². The number of aromatic amines is 1. The molecule has 0 atom stereocenters. The van der Waals surface area contributed by atoms with Gasteiger partial charge in [0.1, 0.15) is 0 Å². The van der Waals surface area contributed by atoms with Gasteiger partial charge in [-0.15, -0.1) is 0 Å². The molecule has 2 aliphatic heterocycles. The summed E-state index contributed by atoms with van der Waals surface area (Å²) in [6.07, 6.45) is 1.79. The van der Waals surface area contributed by atoms with Crippen LogP contribution in [0.4, 0.5) is 11.4 Å². The fourth-order valence-corrected chi connectivity index (χ4v) is 5.71. The lowest BCUT2D eigenvalue weighted by atomic mass is 9.97. The zero-order valence-electron chi connectivity index (χ0n) is 20.0. The van der Waals surface area contributed by atoms with E-state index in [9.17, 15) is 4.79 Å². The predicted octanol–water partition coefficient (Wildman–Crippen LogP) is 5.50. The first-order valence-electron chi connectivity index (χ1n) is 12.2. The van der Waals surface area contributed by atoms with Crippen LogP contribution in [0.5, 0.6) is 0 Å². The van der Waals surface area contributed by atoms with Crippen molar-refractivity contribution in [3.63, 3.8) is 0 Å². The topological polar surface area (TPSA) is 69.4 Å². The van der Waals surface area contributed by atoms with Crippen molar-refractivity contribution in [1.29, 1.82) is 0 Å². The molecule has 0 bridgehead atoms. The maximum Gasteiger partial charge on any atom is 0.253 e. The van der Waals surface area contributed by atoms with Gasteiger partial charge in [0.2, 0.25) is 0 Å². The summed E-state index contributed by atoms with van der Waals surface area (Å²) in [5.74, 6) is -0.0559. The number of morpholine rings is 1. The van der Waals surface area contributed by atoms with Crippen LogP contribution >= 0.6 is 11.8 Å². The van der Waals surface area contributed by atoms with E-state index in [4.69, 9.17) is 4.74 Å². The number of nitrogens with one attached hydrogen (secondary N) is 3. The van der Waals surface area contributed by atoms with Crippen LogP contribution < -0.4 is 10.6 Å². The molecule has 0 unspecified atom stereocenters. The van der Waals surface area contributed by atoms with Crippen LogP contribution in [0.1, 0.15) is 21.5 Å². The van der Waals surface area contributed by atoms with Gasteiger partial charge in [0, 0.05) is 53.1 Å². The minimum absolute atomic E-state index is 0.0559. The van der Waals surface area contributed by atoms with E-state index in [1.807, 2.05) is 18.2 Å². The zero-order valence-corrected chi connectivity index (χ0v) is 20.8. The van der Waals surface area contributed by atoms with E-state index in [2.05, 4.69) is 69.6 Å². The van der Waals surface area contributed by atoms with Crippen molar-refractivity contribution in [1.82, 2.24) is 15.2 Å². The summed E-state index contributed by atoms with van der Waals surface area (Å²) < 4.78 is 5.38. The number of benzene rings is 3. The number of anilines is 2. The van der Waals surface area contributed by atoms with E-state index in [-0.39, 0.29) is 5.91 Å². The molecule has 1 saturated heterocycles. The van der Waals surface area contributed by atoms with Crippen LogP contribution in [0, 0.1) is 0 Å². The first-order valence-corrected chi connectivity index (χ1v) is 13.0. The number of para-hydroxylation sites is 1. The number of nitrogens with zero attached hydrogens (tertiary/aromatic N) is 1. The first kappa shape index (κ1) is 22.9. The van der Waals surface area contributed by atoms with Crippen LogP contribution in [0.2, 0.25) is 0 Å². The number of rotatable bonds is 6. The quantitative estimate of drug-likeness (QED) is 0.290. The highest BCUT2D eigenvalue weighted by molar-refractivity contribution is 7.99. The number of H-pyrrole nitrogens is 1. The average molecular weight is 497 g/mol. The first-order chi connectivity index (χ1) is 17.7. The predicted molar refractivity (Wildman–Crippen MR) is 146 cm³/mol. The molecular weight excluding hydrogens is 468 g/mol. The number of hydrogen-bond donors (Lipinski definition) is 3. The molecule has 1 amide bonds. The Hall–Kier alpha value is -3.52. The highest BCUT2D eigenvalue weighted by atomic mass is 32.2. The van der Waals surface area contributed by atoms with Crippen LogP contribution in [0.15, 0.2) is 83.2 Å². The largest absolute Gasteiger partial charge is 0.379 e. The smallest absolute Gasteiger partial charge is 0.253 e. The number of amides is 1. The molecule has 3 aromatic carbocycles. The number of carbonyl (C=O) groups is 1. The van der Waals surface area contributed by atoms with Gasteiger partial charge in [-0.25, -0.2) is 0 Å². The van der Waals surface area contributed by atoms with Gasteiger partial charge in [-0.3, -0.25) is 9.69 Å². The normalized spacial score (nSPS) is 15.1. The molecule has 3 heterocycles. The lowest BCUT2D eigenvalue weighted by molar-refractivity contribution is 0.0383. The summed E-state index contributed by atoms with van der Waals surface area (Å²) in [5, 5.41) is 7.52. The number of hydrogen-bond acceptors (Lipinski definition) is 5. The molecule has 0 saturated carbocycles. The van der Waals surface area contributed by atoms with Crippen molar-refractivity contribution in [2.45, 2.75) is 9.79 Å². The molecule has 1 aromatic heterocycles. The minimum Gasteiger partial charge on any atom is -0.379 e. The van der Waals surface area contributed by atoms with Crippen molar-refractivity contribution < 1.29 is 9.53 Å². The molecule has 1 fully saturated rings. The van der Waals surface area contributed by atoms with Crippen molar-refractivity contribution >= 4 is 45.5 Å². The molecule has 2 aliphatic rings. The molecule has 0 aliphatic carbocycles. The second kappa shape index (κ2) is 9.85. The van der Waals surface area contributed by atoms with E-state index in [0.717, 1.165) is 71.8 Å². The van der Waals surface area contributed by atoms with Gasteiger partial charge in [0.15, 0.2) is 0 Å². The highest BCUT2D eigenvalue weighted by Crippen LogP contribution is 2.45. The standard InChI is InChI=1S/C29H28N4O2S/c1-19(21-7-9-28-26(17-21)32-24-4-2-3-5-27(24)36-28)20-6-8-22-23(18-31-25(22)16-20)29(34)30-10-11-33-12-14-35-15-13-33/h2-9,16-18,31-32H,1,10-15H2,(H,30,34). The maximum atomic E-state index is 12.8. The summed E-state index contributed by atoms with van der Waals surface area (Å²) in [6, 6.07) is 20.9. The maximum absolute atomic E-state index is 12.8. The third-order valence-corrected chi connectivity index (χ3v) is 7.95. The Kier molecular flexibility index (Phi) is 6.27. The monoisotopic (exact) mass is 496 g/mol. The Morgan fingerprint density at radius 1 is 1.00 bits per heavy atom. The second-order valence-electron chi connectivity index (χ2n) is 9.09. The molecule has 3 N–H and O–H groups in total. The molecule has 182 valence electrons. The zero-order chi connectivity index (χ0) is 24.5. The van der Waals surface area contributed by atoms with Crippen LogP contribution in [0.3, 0.4) is 0 Å². The van der Waals surface area contributed by atoms with Crippen LogP contribution in [-0.2, 0) is 4.74 Å². The van der Waals surface area contributed by atoms with Crippen LogP contribution in [-0.4, -0.2) is 55.2 Å². The van der Waals surface area contributed by atoms with E-state index >= 15 is 0 Å². The summed E-state index contributed by atoms with van der Waals surface area (Å²) in [4.78, 5) is 20.8. The Bertz CT molecular complexity index is 1450. The average Bonchev–Trinajstić information content (AvgIpc) is 3.35. The Morgan fingerprint density at radius 2 is 1.78 bits per heavy atom. The minimum atomic E-state index is -0.0559. The molecule has 7 heteroatoms. The molecular formula is C29H28N4O2S. The van der Waals surface area contributed by atoms with Crippen molar-refractivity contribution in [3.05, 3.63) is 90.1 Å². The highest BCUT2D eigenvalue weighted by Gasteiger charge is 2.18. The van der Waals surface area contributed by atoms with Gasteiger partial charge in [0.25, 0.3) is 5.91 Å². The number of ether oxygens (including phenoxy) is 1. The Balaban J connectivity index is 1.16. The third kappa shape index (κ3) is 4.53. The summed E-state index contributed by atoms with van der Waals surface area (Å²) in [7, 11) is 0. The van der Waals surface area contributed by atoms with Crippen molar-refractivity contribution in [3.8, 4) is 0 Å². The third-order valence-electron chi connectivity index (χ3n) is 6.80. The van der Waals surface area contributed by atoms with Crippen molar-refractivity contribution in [2.24, 2.45) is 0 Å². The van der Waals surface area contributed by atoms with E-state index in [0.29, 0.717) is 12.1 Å². The van der Waals surface area contributed by atoms with Gasteiger partial charge in [-0.2, -0.15) is 0 Å². The lowest BCUT2D eigenvalue weighted by Crippen LogP contribution is -2.41. The van der Waals surface area contributed by atoms with Crippen LogP contribution in [0.25, 0.3) is 16.5 Å². The SMILES string of the molecule is C=C(c1ccc2c(c1)Nc1ccccc1S2)c1ccc2c(C(=O)NCCN3CCOCC3)c[nH]c2c1. The van der Waals surface area contributed by atoms with E-state index < -0.39 is 0 Å². The second-order valence-corrected chi connectivity index (χ2v) is 10.2. The van der Waals surface area contributed by atoms with Gasteiger partial charge in [-0.1, -0.05) is 48.7 Å². The Labute approximate surface area is 214 Å². The molecule has 6 nitrogen and oxygen atoms in total. The van der Waals surface area contributed by atoms with Gasteiger partial charge in [-0.05, 0) is 47.0 Å². The summed E-state index contributed by atoms with van der Waals surface area (Å²) in [6.45, 7) is 9.20. The summed E-state index contributed by atoms with van der Waals surface area (Å²) in [5.41, 5.74) is 6.83. The molecule has 4 aromatic rings. The molecule has 6 rings (SSSR count). The molecule has 36 heavy (non-hydrogen) atoms. The van der Waals surface area contributed by atoms with Crippen molar-refractivity contribution in [2.75, 3.05) is 44.7 Å². The fraction of sp³-hybridized carbons (Fsp3) is 0.207. The van der Waals surface area contributed by atoms with Gasteiger partial charge in [0.05, 0.1) is 30.2 Å². The Morgan fingerprint density at radius 3 is 2.67 bits per heavy atom. The lowest BCUT2D eigenvalue weighted by Gasteiger charge is -2.26. The number of aromatic nitrogens is 1.